The van der Waals surface area contributed by atoms with Crippen LogP contribution < -0.4 is 11.2 Å². The molecule has 2 heterocycles. The van der Waals surface area contributed by atoms with Gasteiger partial charge in [0.05, 0.1) is 15.3 Å². The number of aliphatic hydroxyl groups excluding tert-OH is 3. The molecule has 5 N–H and O–H groups in total. The minimum atomic E-state index is -4.52. The molecule has 1 aliphatic heterocycles. The van der Waals surface area contributed by atoms with Gasteiger partial charge in [-0.1, -0.05) is 6.92 Å². The van der Waals surface area contributed by atoms with E-state index in [-0.39, 0.29) is 16.4 Å². The zero-order valence-corrected chi connectivity index (χ0v) is 18.2. The summed E-state index contributed by atoms with van der Waals surface area (Å²) in [4.78, 5) is 35.4. The molecule has 1 fully saturated rings. The highest BCUT2D eigenvalue weighted by molar-refractivity contribution is 14.1. The zero-order chi connectivity index (χ0) is 21.4. The van der Waals surface area contributed by atoms with Gasteiger partial charge in [-0.2, -0.15) is 0 Å². The summed E-state index contributed by atoms with van der Waals surface area (Å²) in [5, 5.41) is 29.9. The Hall–Kier alpha value is -1.02. The molecule has 0 aromatic carbocycles. The fraction of sp³-hybridized carbons (Fsp3) is 0.600. The number of rotatable bonds is 7. The lowest BCUT2D eigenvalue weighted by Gasteiger charge is -2.33. The summed E-state index contributed by atoms with van der Waals surface area (Å²) in [5.41, 5.74) is -3.76. The Morgan fingerprint density at radius 3 is 2.61 bits per heavy atom. The third kappa shape index (κ3) is 4.75. The van der Waals surface area contributed by atoms with Crippen molar-refractivity contribution in [2.24, 2.45) is 0 Å². The van der Waals surface area contributed by atoms with Crippen LogP contribution in [0.15, 0.2) is 27.9 Å². The Morgan fingerprint density at radius 1 is 1.46 bits per heavy atom. The van der Waals surface area contributed by atoms with Crippen molar-refractivity contribution in [1.82, 2.24) is 9.55 Å². The van der Waals surface area contributed by atoms with Gasteiger partial charge < -0.3 is 24.9 Å². The molecule has 0 amide bonds. The Morgan fingerprint density at radius 2 is 2.07 bits per heavy atom. The first-order valence-corrected chi connectivity index (χ1v) is 10.9. The third-order valence-corrected chi connectivity index (χ3v) is 6.70. The predicted molar refractivity (Wildman–Crippen MR) is 106 cm³/mol. The molecule has 0 saturated carbocycles. The van der Waals surface area contributed by atoms with Crippen molar-refractivity contribution in [1.29, 1.82) is 0 Å². The van der Waals surface area contributed by atoms with Crippen LogP contribution in [0.25, 0.3) is 0 Å². The Bertz CT molecular complexity index is 916. The number of H-pyrrole nitrogens is 1. The molecule has 2 unspecified atom stereocenters. The number of ether oxygens (including phenoxy) is 1. The molecule has 0 spiro atoms. The van der Waals surface area contributed by atoms with E-state index >= 15 is 0 Å². The van der Waals surface area contributed by atoms with E-state index in [9.17, 15) is 34.4 Å². The van der Waals surface area contributed by atoms with E-state index < -0.39 is 54.5 Å². The van der Waals surface area contributed by atoms with E-state index in [1.165, 1.54) is 13.1 Å². The molecule has 1 saturated heterocycles. The van der Waals surface area contributed by atoms with E-state index in [2.05, 4.69) is 11.6 Å². The van der Waals surface area contributed by atoms with Gasteiger partial charge in [-0.3, -0.25) is 23.4 Å². The molecule has 13 heteroatoms. The fourth-order valence-electron chi connectivity index (χ4n) is 2.80. The van der Waals surface area contributed by atoms with Crippen LogP contribution in [0.3, 0.4) is 0 Å². The van der Waals surface area contributed by atoms with Crippen molar-refractivity contribution < 1.29 is 34.0 Å². The summed E-state index contributed by atoms with van der Waals surface area (Å²) in [6.07, 6.45) is -4.02. The molecule has 1 aromatic rings. The normalized spacial score (nSPS) is 29.2. The molecule has 2 rings (SSSR count). The summed E-state index contributed by atoms with van der Waals surface area (Å²) < 4.78 is 23.9. The monoisotopic (exact) mass is 532 g/mol. The maximum absolute atomic E-state index is 12.0. The maximum atomic E-state index is 12.0. The first kappa shape index (κ1) is 23.3. The minimum absolute atomic E-state index is 0.134. The van der Waals surface area contributed by atoms with Gasteiger partial charge >= 0.3 is 13.3 Å². The molecule has 1 aliphatic rings. The SMILES string of the molecule is C=C(O)P(=O)(O)OC(C)(CC)C[C@H]1O[C@@H](n2cc(I)c(=O)[nH]c2=O)[C@H](O)[C@@H]1O. The van der Waals surface area contributed by atoms with Crippen molar-refractivity contribution in [3.8, 4) is 0 Å². The van der Waals surface area contributed by atoms with Crippen LogP contribution in [0.2, 0.25) is 0 Å². The molecular formula is C15H22IN2O9P. The molecule has 0 bridgehead atoms. The second-order valence-corrected chi connectivity index (χ2v) is 9.63. The second kappa shape index (κ2) is 8.38. The van der Waals surface area contributed by atoms with Gasteiger partial charge in [-0.25, -0.2) is 4.79 Å². The smallest absolute Gasteiger partial charge is 0.392 e. The van der Waals surface area contributed by atoms with Crippen molar-refractivity contribution in [3.63, 3.8) is 0 Å². The zero-order valence-electron chi connectivity index (χ0n) is 15.1. The predicted octanol–water partition coefficient (Wildman–Crippen LogP) is 0.550. The van der Waals surface area contributed by atoms with Gasteiger partial charge in [-0.05, 0) is 42.5 Å². The molecule has 1 aromatic heterocycles. The van der Waals surface area contributed by atoms with Crippen LogP contribution in [0.5, 0.6) is 0 Å². The number of aromatic amines is 1. The molecule has 28 heavy (non-hydrogen) atoms. The Kier molecular flexibility index (Phi) is 6.96. The second-order valence-electron chi connectivity index (χ2n) is 6.73. The highest BCUT2D eigenvalue weighted by Crippen LogP contribution is 2.53. The minimum Gasteiger partial charge on any atom is -0.502 e. The van der Waals surface area contributed by atoms with E-state index in [0.29, 0.717) is 0 Å². The van der Waals surface area contributed by atoms with Crippen molar-refractivity contribution in [2.75, 3.05) is 0 Å². The summed E-state index contributed by atoms with van der Waals surface area (Å²) in [7, 11) is -4.52. The highest BCUT2D eigenvalue weighted by Gasteiger charge is 2.48. The van der Waals surface area contributed by atoms with Crippen LogP contribution in [-0.2, 0) is 13.8 Å². The molecule has 158 valence electrons. The first-order chi connectivity index (χ1) is 12.8. The fourth-order valence-corrected chi connectivity index (χ4v) is 4.14. The Labute approximate surface area is 173 Å². The molecule has 6 atom stereocenters. The van der Waals surface area contributed by atoms with E-state index in [0.717, 1.165) is 4.57 Å². The van der Waals surface area contributed by atoms with E-state index in [4.69, 9.17) is 9.26 Å². The molecular weight excluding hydrogens is 510 g/mol. The van der Waals surface area contributed by atoms with Crippen molar-refractivity contribution in [3.05, 3.63) is 42.7 Å². The van der Waals surface area contributed by atoms with E-state index in [1.54, 1.807) is 29.5 Å². The number of halogens is 1. The van der Waals surface area contributed by atoms with Gasteiger partial charge in [-0.15, -0.1) is 0 Å². The number of aromatic nitrogens is 2. The van der Waals surface area contributed by atoms with Crippen LogP contribution >= 0.6 is 30.2 Å². The topological polar surface area (TPSA) is 171 Å². The lowest BCUT2D eigenvalue weighted by molar-refractivity contribution is -0.0680. The maximum Gasteiger partial charge on any atom is 0.392 e. The van der Waals surface area contributed by atoms with Crippen LogP contribution in [-0.4, -0.2) is 53.7 Å². The number of hydrogen-bond acceptors (Lipinski definition) is 8. The molecule has 11 nitrogen and oxygen atoms in total. The molecule has 0 aliphatic carbocycles. The van der Waals surface area contributed by atoms with Gasteiger partial charge in [0.1, 0.15) is 12.2 Å². The number of hydrogen-bond donors (Lipinski definition) is 5. The first-order valence-electron chi connectivity index (χ1n) is 8.26. The highest BCUT2D eigenvalue weighted by atomic mass is 127. The Balaban J connectivity index is 2.28. The van der Waals surface area contributed by atoms with Crippen LogP contribution in [0.4, 0.5) is 0 Å². The van der Waals surface area contributed by atoms with Gasteiger partial charge in [0.2, 0.25) is 0 Å². The lowest BCUT2D eigenvalue weighted by Crippen LogP contribution is -2.39. The number of nitrogens with zero attached hydrogens (tertiary/aromatic N) is 1. The van der Waals surface area contributed by atoms with Gasteiger partial charge in [0.25, 0.3) is 5.56 Å². The van der Waals surface area contributed by atoms with Crippen LogP contribution in [0.1, 0.15) is 32.9 Å². The number of nitrogens with one attached hydrogen (secondary N) is 1. The summed E-state index contributed by atoms with van der Waals surface area (Å²) >= 11 is 1.71. The van der Waals surface area contributed by atoms with Crippen molar-refractivity contribution >= 4 is 30.2 Å². The third-order valence-electron chi connectivity index (χ3n) is 4.59. The average molecular weight is 532 g/mol. The van der Waals surface area contributed by atoms with E-state index in [1.807, 2.05) is 0 Å². The standard InChI is InChI=1S/C15H22IN2O9P/c1-4-15(3,27-28(24,25)7(2)19)5-9-10(20)11(21)13(26-9)18-6-8(16)12(22)17-14(18)23/h6,9-11,13,19-21H,2,4-5H2,1,3H3,(H,24,25)(H,17,22,23)/t9-,10-,11-,13-,15?/m1/s1. The quantitative estimate of drug-likeness (QED) is 0.191. The number of aliphatic hydroxyl groups is 3. The lowest BCUT2D eigenvalue weighted by atomic mass is 9.93. The van der Waals surface area contributed by atoms with Crippen LogP contribution in [0, 0.1) is 3.57 Å². The largest absolute Gasteiger partial charge is 0.502 e. The average Bonchev–Trinajstić information content (AvgIpc) is 2.85. The van der Waals surface area contributed by atoms with Crippen molar-refractivity contribution in [2.45, 2.75) is 56.8 Å². The summed E-state index contributed by atoms with van der Waals surface area (Å²) in [6, 6.07) is 0. The van der Waals surface area contributed by atoms with Gasteiger partial charge in [0.15, 0.2) is 11.7 Å². The summed E-state index contributed by atoms with van der Waals surface area (Å²) in [5.74, 6) is 0. The molecule has 0 radical (unpaired) electrons. The summed E-state index contributed by atoms with van der Waals surface area (Å²) in [6.45, 7) is 6.14. The van der Waals surface area contributed by atoms with Gasteiger partial charge in [0, 0.05) is 12.6 Å².